The second kappa shape index (κ2) is 8.39. The van der Waals surface area contributed by atoms with E-state index in [-0.39, 0.29) is 17.1 Å². The van der Waals surface area contributed by atoms with E-state index in [9.17, 15) is 12.8 Å². The molecule has 1 saturated carbocycles. The average molecular weight is 489 g/mol. The molecule has 0 radical (unpaired) electrons. The lowest BCUT2D eigenvalue weighted by atomic mass is 9.82. The van der Waals surface area contributed by atoms with Gasteiger partial charge < -0.3 is 9.80 Å². The molecule has 2 atom stereocenters. The van der Waals surface area contributed by atoms with Crippen molar-refractivity contribution in [2.45, 2.75) is 36.6 Å². The summed E-state index contributed by atoms with van der Waals surface area (Å²) in [5.74, 6) is -3.99. The maximum Gasteiger partial charge on any atom is 0.268 e. The first-order valence-corrected chi connectivity index (χ1v) is 12.1. The molecular formula is C21H24ClF3N4O2S. The topological polar surface area (TPSA) is 65.5 Å². The molecule has 1 aromatic carbocycles. The van der Waals surface area contributed by atoms with Crippen LogP contribution in [0.1, 0.15) is 25.7 Å². The molecule has 0 spiro atoms. The van der Waals surface area contributed by atoms with Gasteiger partial charge in [0.25, 0.3) is 10.0 Å². The van der Waals surface area contributed by atoms with Gasteiger partial charge in [-0.1, -0.05) is 24.1 Å². The lowest BCUT2D eigenvalue weighted by Crippen LogP contribution is -2.41. The SMILES string of the molecule is CN(C)CC12CCCC1N(c1cc(F)c(S(=O)(=O)Nc3cccc(F)n3)c(F)c1Cl)CC2. The minimum Gasteiger partial charge on any atom is -0.367 e. The smallest absolute Gasteiger partial charge is 0.268 e. The Morgan fingerprint density at radius 1 is 1.28 bits per heavy atom. The van der Waals surface area contributed by atoms with Crippen molar-refractivity contribution in [2.75, 3.05) is 36.8 Å². The summed E-state index contributed by atoms with van der Waals surface area (Å²) < 4.78 is 70.7. The summed E-state index contributed by atoms with van der Waals surface area (Å²) in [6, 6.07) is 4.44. The zero-order valence-electron chi connectivity index (χ0n) is 17.7. The number of aromatic nitrogens is 1. The molecule has 11 heteroatoms. The molecule has 1 aliphatic heterocycles. The number of benzene rings is 1. The molecule has 2 heterocycles. The zero-order valence-corrected chi connectivity index (χ0v) is 19.3. The first kappa shape index (κ1) is 23.1. The van der Waals surface area contributed by atoms with E-state index in [1.807, 2.05) is 23.7 Å². The van der Waals surface area contributed by atoms with Crippen LogP contribution in [0.4, 0.5) is 24.7 Å². The zero-order chi connectivity index (χ0) is 23.3. The average Bonchev–Trinajstić information content (AvgIpc) is 3.22. The molecule has 4 rings (SSSR count). The minimum absolute atomic E-state index is 0.00906. The summed E-state index contributed by atoms with van der Waals surface area (Å²) in [5, 5.41) is -0.452. The summed E-state index contributed by atoms with van der Waals surface area (Å²) in [6.45, 7) is 1.43. The largest absolute Gasteiger partial charge is 0.367 e. The predicted octanol–water partition coefficient (Wildman–Crippen LogP) is 4.26. The third-order valence-electron chi connectivity index (χ3n) is 6.35. The van der Waals surface area contributed by atoms with Crippen LogP contribution in [0.25, 0.3) is 0 Å². The van der Waals surface area contributed by atoms with Gasteiger partial charge in [-0.15, -0.1) is 0 Å². The van der Waals surface area contributed by atoms with Crippen LogP contribution >= 0.6 is 11.6 Å². The van der Waals surface area contributed by atoms with Crippen LogP contribution in [0.5, 0.6) is 0 Å². The highest BCUT2D eigenvalue weighted by Crippen LogP contribution is 2.52. The lowest BCUT2D eigenvalue weighted by molar-refractivity contribution is 0.200. The molecule has 2 unspecified atom stereocenters. The molecule has 174 valence electrons. The highest BCUT2D eigenvalue weighted by Gasteiger charge is 2.51. The maximum atomic E-state index is 15.2. The molecule has 1 aliphatic carbocycles. The van der Waals surface area contributed by atoms with Gasteiger partial charge in [-0.2, -0.15) is 4.39 Å². The number of fused-ring (bicyclic) bond motifs is 1. The highest BCUT2D eigenvalue weighted by atomic mass is 35.5. The summed E-state index contributed by atoms with van der Waals surface area (Å²) in [4.78, 5) is 6.17. The fourth-order valence-electron chi connectivity index (χ4n) is 5.25. The van der Waals surface area contributed by atoms with Gasteiger partial charge in [0, 0.05) is 30.6 Å². The number of hydrogen-bond acceptors (Lipinski definition) is 5. The van der Waals surface area contributed by atoms with E-state index >= 15 is 8.78 Å². The van der Waals surface area contributed by atoms with Gasteiger partial charge in [0.05, 0.1) is 5.69 Å². The van der Waals surface area contributed by atoms with Crippen molar-refractivity contribution < 1.29 is 21.6 Å². The van der Waals surface area contributed by atoms with E-state index in [2.05, 4.69) is 9.88 Å². The quantitative estimate of drug-likeness (QED) is 0.486. The number of rotatable bonds is 6. The molecule has 1 saturated heterocycles. The van der Waals surface area contributed by atoms with Crippen LogP contribution in [0.3, 0.4) is 0 Å². The van der Waals surface area contributed by atoms with E-state index in [1.165, 1.54) is 12.1 Å². The van der Waals surface area contributed by atoms with E-state index in [4.69, 9.17) is 11.6 Å². The summed E-state index contributed by atoms with van der Waals surface area (Å²) >= 11 is 6.26. The van der Waals surface area contributed by atoms with E-state index in [0.717, 1.165) is 44.4 Å². The highest BCUT2D eigenvalue weighted by molar-refractivity contribution is 7.92. The summed E-state index contributed by atoms with van der Waals surface area (Å²) in [7, 11) is -0.740. The van der Waals surface area contributed by atoms with Crippen molar-refractivity contribution >= 4 is 33.1 Å². The van der Waals surface area contributed by atoms with E-state index in [0.29, 0.717) is 6.54 Å². The van der Waals surface area contributed by atoms with Crippen LogP contribution in [0, 0.1) is 23.0 Å². The lowest BCUT2D eigenvalue weighted by Gasteiger charge is -2.36. The molecular weight excluding hydrogens is 465 g/mol. The Balaban J connectivity index is 1.69. The Hall–Kier alpha value is -2.04. The summed E-state index contributed by atoms with van der Waals surface area (Å²) in [6.07, 6.45) is 3.77. The Labute approximate surface area is 190 Å². The van der Waals surface area contributed by atoms with Crippen LogP contribution in [0.15, 0.2) is 29.2 Å². The molecule has 1 aromatic heterocycles. The number of nitrogens with zero attached hydrogens (tertiary/aromatic N) is 3. The van der Waals surface area contributed by atoms with Crippen molar-refractivity contribution in [2.24, 2.45) is 5.41 Å². The van der Waals surface area contributed by atoms with Crippen molar-refractivity contribution in [3.63, 3.8) is 0 Å². The number of pyridine rings is 1. The fourth-order valence-corrected chi connectivity index (χ4v) is 6.71. The van der Waals surface area contributed by atoms with Gasteiger partial charge >= 0.3 is 0 Å². The van der Waals surface area contributed by atoms with Gasteiger partial charge in [-0.25, -0.2) is 22.2 Å². The fraction of sp³-hybridized carbons (Fsp3) is 0.476. The molecule has 32 heavy (non-hydrogen) atoms. The first-order valence-electron chi connectivity index (χ1n) is 10.3. The molecule has 2 fully saturated rings. The van der Waals surface area contributed by atoms with Crippen molar-refractivity contribution in [1.82, 2.24) is 9.88 Å². The number of sulfonamides is 1. The van der Waals surface area contributed by atoms with Crippen LogP contribution in [0.2, 0.25) is 5.02 Å². The second-order valence-corrected chi connectivity index (χ2v) is 10.7. The Morgan fingerprint density at radius 2 is 2.03 bits per heavy atom. The Kier molecular flexibility index (Phi) is 6.06. The molecule has 2 aliphatic rings. The van der Waals surface area contributed by atoms with Gasteiger partial charge in [0.15, 0.2) is 10.7 Å². The Morgan fingerprint density at radius 3 is 2.72 bits per heavy atom. The number of nitrogens with one attached hydrogen (secondary N) is 1. The molecule has 1 N–H and O–H groups in total. The number of halogens is 4. The third kappa shape index (κ3) is 4.04. The van der Waals surface area contributed by atoms with Gasteiger partial charge in [0.2, 0.25) is 5.95 Å². The van der Waals surface area contributed by atoms with Gasteiger partial charge in [0.1, 0.15) is 16.7 Å². The maximum absolute atomic E-state index is 15.2. The number of hydrogen-bond donors (Lipinski definition) is 1. The van der Waals surface area contributed by atoms with Crippen LogP contribution in [-0.2, 0) is 10.0 Å². The predicted molar refractivity (Wildman–Crippen MR) is 117 cm³/mol. The molecule has 0 bridgehead atoms. The molecule has 2 aromatic rings. The summed E-state index contributed by atoms with van der Waals surface area (Å²) in [5.41, 5.74) is 0.159. The second-order valence-electron chi connectivity index (χ2n) is 8.74. The van der Waals surface area contributed by atoms with Crippen molar-refractivity contribution in [1.29, 1.82) is 0 Å². The minimum atomic E-state index is -4.74. The van der Waals surface area contributed by atoms with Gasteiger partial charge in [-0.3, -0.25) is 4.72 Å². The van der Waals surface area contributed by atoms with Crippen molar-refractivity contribution in [3.05, 3.63) is 46.9 Å². The molecule has 0 amide bonds. The number of anilines is 2. The monoisotopic (exact) mass is 488 g/mol. The standard InChI is InChI=1S/C21H24ClF3N4O2S/c1-28(2)12-21-8-4-5-15(21)29(10-9-21)14-11-13(23)20(19(25)18(14)22)32(30,31)27-17-7-3-6-16(24)26-17/h3,6-7,11,15H,4-5,8-10,12H2,1-2H3,(H,26,27). The molecule has 6 nitrogen and oxygen atoms in total. The third-order valence-corrected chi connectivity index (χ3v) is 8.10. The van der Waals surface area contributed by atoms with Gasteiger partial charge in [-0.05, 0) is 45.5 Å². The van der Waals surface area contributed by atoms with Crippen molar-refractivity contribution in [3.8, 4) is 0 Å². The van der Waals surface area contributed by atoms with E-state index < -0.39 is 43.3 Å². The van der Waals surface area contributed by atoms with Crippen LogP contribution < -0.4 is 9.62 Å². The van der Waals surface area contributed by atoms with E-state index in [1.54, 1.807) is 0 Å². The normalized spacial score (nSPS) is 23.1. The Bertz CT molecular complexity index is 1150. The first-order chi connectivity index (χ1) is 15.0. The van der Waals surface area contributed by atoms with Crippen LogP contribution in [-0.4, -0.2) is 51.5 Å².